The maximum Gasteiger partial charge on any atom is 0.321 e. The molecule has 1 fully saturated rings. The predicted octanol–water partition coefficient (Wildman–Crippen LogP) is 2.21. The van der Waals surface area contributed by atoms with Gasteiger partial charge in [0.2, 0.25) is 0 Å². The van der Waals surface area contributed by atoms with E-state index in [2.05, 4.69) is 10.6 Å². The summed E-state index contributed by atoms with van der Waals surface area (Å²) in [6.45, 7) is 4.15. The molecular formula is C18H28ClN3O5S. The molecule has 0 saturated carbocycles. The number of esters is 1. The Labute approximate surface area is 172 Å². The van der Waals surface area contributed by atoms with Crippen molar-refractivity contribution >= 4 is 39.9 Å². The van der Waals surface area contributed by atoms with Crippen LogP contribution in [0.5, 0.6) is 0 Å². The summed E-state index contributed by atoms with van der Waals surface area (Å²) in [4.78, 5) is 25.8. The number of nitrogens with zero attached hydrogens (tertiary/aromatic N) is 1. The van der Waals surface area contributed by atoms with E-state index in [1.165, 1.54) is 11.0 Å². The second kappa shape index (κ2) is 10.1. The van der Waals surface area contributed by atoms with E-state index in [0.29, 0.717) is 24.2 Å². The summed E-state index contributed by atoms with van der Waals surface area (Å²) in [5.41, 5.74) is 0.944. The van der Waals surface area contributed by atoms with E-state index >= 15 is 0 Å². The van der Waals surface area contributed by atoms with Gasteiger partial charge in [0.15, 0.2) is 9.84 Å². The normalized spacial score (nSPS) is 18.9. The van der Waals surface area contributed by atoms with Gasteiger partial charge in [0.1, 0.15) is 0 Å². The number of sulfone groups is 1. The molecule has 0 aromatic heterocycles. The van der Waals surface area contributed by atoms with Crippen molar-refractivity contribution < 1.29 is 22.7 Å². The third-order valence-corrected chi connectivity index (χ3v) is 6.33. The number of benzene rings is 1. The second-order valence-electron chi connectivity index (χ2n) is 6.56. The highest BCUT2D eigenvalue weighted by Gasteiger charge is 2.37. The van der Waals surface area contributed by atoms with E-state index in [4.69, 9.17) is 4.74 Å². The molecule has 1 aliphatic heterocycles. The minimum atomic E-state index is -3.50. The van der Waals surface area contributed by atoms with Gasteiger partial charge in [-0.2, -0.15) is 0 Å². The van der Waals surface area contributed by atoms with E-state index in [1.807, 2.05) is 0 Å². The zero-order chi connectivity index (χ0) is 20.2. The van der Waals surface area contributed by atoms with Crippen molar-refractivity contribution in [1.29, 1.82) is 0 Å². The Balaban J connectivity index is 0.00000392. The molecule has 1 saturated heterocycles. The number of carbonyl (C=O) groups is 2. The number of hydrogen-bond acceptors (Lipinski definition) is 6. The molecule has 0 spiro atoms. The van der Waals surface area contributed by atoms with Crippen LogP contribution in [0.3, 0.4) is 0 Å². The fourth-order valence-corrected chi connectivity index (χ4v) is 4.21. The van der Waals surface area contributed by atoms with Gasteiger partial charge in [-0.15, -0.1) is 12.4 Å². The largest absolute Gasteiger partial charge is 0.466 e. The molecule has 158 valence electrons. The summed E-state index contributed by atoms with van der Waals surface area (Å²) in [6, 6.07) is 3.85. The summed E-state index contributed by atoms with van der Waals surface area (Å²) in [6.07, 6.45) is 0.559. The van der Waals surface area contributed by atoms with Gasteiger partial charge in [-0.1, -0.05) is 6.92 Å². The second-order valence-corrected chi connectivity index (χ2v) is 8.81. The zero-order valence-corrected chi connectivity index (χ0v) is 18.2. The van der Waals surface area contributed by atoms with Crippen molar-refractivity contribution in [2.24, 2.45) is 5.92 Å². The van der Waals surface area contributed by atoms with Gasteiger partial charge < -0.3 is 20.3 Å². The van der Waals surface area contributed by atoms with Crippen LogP contribution in [0.15, 0.2) is 23.1 Å². The number of carbonyl (C=O) groups excluding carboxylic acids is 2. The van der Waals surface area contributed by atoms with Crippen LogP contribution in [0.1, 0.15) is 31.9 Å². The smallest absolute Gasteiger partial charge is 0.321 e. The van der Waals surface area contributed by atoms with Gasteiger partial charge in [0.25, 0.3) is 0 Å². The maximum atomic E-state index is 12.6. The van der Waals surface area contributed by atoms with Crippen molar-refractivity contribution in [2.45, 2.75) is 31.2 Å². The number of halogens is 1. The predicted molar refractivity (Wildman–Crippen MR) is 110 cm³/mol. The molecule has 1 aliphatic rings. The number of nitrogens with one attached hydrogen (secondary N) is 2. The van der Waals surface area contributed by atoms with Gasteiger partial charge in [-0.05, 0) is 43.7 Å². The lowest BCUT2D eigenvalue weighted by atomic mass is 9.94. The van der Waals surface area contributed by atoms with Crippen molar-refractivity contribution in [3.63, 3.8) is 0 Å². The van der Waals surface area contributed by atoms with Crippen molar-refractivity contribution in [3.8, 4) is 0 Å². The van der Waals surface area contributed by atoms with Crippen molar-refractivity contribution in [3.05, 3.63) is 23.8 Å². The van der Waals surface area contributed by atoms with E-state index in [9.17, 15) is 18.0 Å². The number of amides is 2. The maximum absolute atomic E-state index is 12.6. The van der Waals surface area contributed by atoms with Gasteiger partial charge in [-0.25, -0.2) is 13.2 Å². The molecule has 0 bridgehead atoms. The molecule has 2 N–H and O–H groups in total. The Morgan fingerprint density at radius 2 is 1.96 bits per heavy atom. The van der Waals surface area contributed by atoms with Gasteiger partial charge in [0, 0.05) is 25.8 Å². The Hall–Kier alpha value is -1.84. The van der Waals surface area contributed by atoms with Crippen LogP contribution in [-0.4, -0.2) is 58.3 Å². The van der Waals surface area contributed by atoms with Crippen LogP contribution in [0.2, 0.25) is 0 Å². The molecular weight excluding hydrogens is 406 g/mol. The van der Waals surface area contributed by atoms with E-state index in [1.54, 1.807) is 40.1 Å². The molecule has 1 heterocycles. The number of rotatable bonds is 6. The van der Waals surface area contributed by atoms with Gasteiger partial charge >= 0.3 is 12.0 Å². The first kappa shape index (κ1) is 24.2. The Bertz CT molecular complexity index is 813. The quantitative estimate of drug-likeness (QED) is 0.666. The molecule has 0 aliphatic carbocycles. The minimum Gasteiger partial charge on any atom is -0.466 e. The minimum absolute atomic E-state index is 0. The highest BCUT2D eigenvalue weighted by Crippen LogP contribution is 2.36. The lowest BCUT2D eigenvalue weighted by molar-refractivity contribution is -0.148. The molecule has 2 rings (SSSR count). The summed E-state index contributed by atoms with van der Waals surface area (Å²) in [7, 11) is -0.279. The third-order valence-electron chi connectivity index (χ3n) is 4.53. The molecule has 0 radical (unpaired) electrons. The summed E-state index contributed by atoms with van der Waals surface area (Å²) < 4.78 is 30.3. The average molecular weight is 434 g/mol. The first-order valence-corrected chi connectivity index (χ1v) is 10.6. The first-order valence-electron chi connectivity index (χ1n) is 8.96. The first-order chi connectivity index (χ1) is 12.7. The molecule has 2 amide bonds. The topological polar surface area (TPSA) is 105 Å². The SMILES string of the molecule is CCOC(=O)[C@H]1CCN[C@H]1c1cc(NC(=O)N(C)C)ccc1S(=O)(=O)CC.Cl. The summed E-state index contributed by atoms with van der Waals surface area (Å²) in [5, 5.41) is 5.93. The van der Waals surface area contributed by atoms with E-state index in [0.717, 1.165) is 0 Å². The number of ether oxygens (including phenoxy) is 1. The van der Waals surface area contributed by atoms with Crippen molar-refractivity contribution in [2.75, 3.05) is 38.3 Å². The van der Waals surface area contributed by atoms with Crippen LogP contribution in [0, 0.1) is 5.92 Å². The molecule has 28 heavy (non-hydrogen) atoms. The van der Waals surface area contributed by atoms with Gasteiger partial charge in [-0.3, -0.25) is 4.79 Å². The highest BCUT2D eigenvalue weighted by molar-refractivity contribution is 7.91. The van der Waals surface area contributed by atoms with Gasteiger partial charge in [0.05, 0.1) is 23.2 Å². The molecule has 8 nitrogen and oxygen atoms in total. The molecule has 0 unspecified atom stereocenters. The summed E-state index contributed by atoms with van der Waals surface area (Å²) >= 11 is 0. The fourth-order valence-electron chi connectivity index (χ4n) is 3.08. The van der Waals surface area contributed by atoms with E-state index < -0.39 is 21.8 Å². The number of hydrogen-bond donors (Lipinski definition) is 2. The van der Waals surface area contributed by atoms with Crippen LogP contribution in [-0.2, 0) is 19.4 Å². The monoisotopic (exact) mass is 433 g/mol. The van der Waals surface area contributed by atoms with Crippen LogP contribution >= 0.6 is 12.4 Å². The standard InChI is InChI=1S/C18H27N3O5S.ClH/c1-5-26-17(22)13-9-10-19-16(13)14-11-12(20-18(23)21(3)4)7-8-15(14)27(24,25)6-2;/h7-8,11,13,16,19H,5-6,9-10H2,1-4H3,(H,20,23);1H/t13-,16+;/m0./s1. The lowest BCUT2D eigenvalue weighted by Crippen LogP contribution is -2.29. The fraction of sp³-hybridized carbons (Fsp3) is 0.556. The highest BCUT2D eigenvalue weighted by atomic mass is 35.5. The van der Waals surface area contributed by atoms with Crippen LogP contribution in [0.25, 0.3) is 0 Å². The lowest BCUT2D eigenvalue weighted by Gasteiger charge is -2.22. The van der Waals surface area contributed by atoms with Crippen LogP contribution in [0.4, 0.5) is 10.5 Å². The Kier molecular flexibility index (Phi) is 8.72. The van der Waals surface area contributed by atoms with Crippen LogP contribution < -0.4 is 10.6 Å². The molecule has 1 aromatic carbocycles. The zero-order valence-electron chi connectivity index (χ0n) is 16.5. The Morgan fingerprint density at radius 3 is 2.54 bits per heavy atom. The average Bonchev–Trinajstić information content (AvgIpc) is 3.11. The molecule has 10 heteroatoms. The molecule has 2 atom stereocenters. The third kappa shape index (κ3) is 5.36. The summed E-state index contributed by atoms with van der Waals surface area (Å²) in [5.74, 6) is -0.883. The Morgan fingerprint density at radius 1 is 1.29 bits per heavy atom. The number of anilines is 1. The number of urea groups is 1. The molecule has 1 aromatic rings. The van der Waals surface area contributed by atoms with E-state index in [-0.39, 0.29) is 41.7 Å². The van der Waals surface area contributed by atoms with Crippen molar-refractivity contribution in [1.82, 2.24) is 10.2 Å².